The molecule has 6 nitrogen and oxygen atoms in total. The number of nitrogens with zero attached hydrogens (tertiary/aromatic N) is 3. The molecule has 1 fully saturated rings. The van der Waals surface area contributed by atoms with E-state index in [4.69, 9.17) is 16.6 Å². The Bertz CT molecular complexity index is 708. The van der Waals surface area contributed by atoms with Gasteiger partial charge >= 0.3 is 0 Å². The first-order valence-electron chi connectivity index (χ1n) is 9.63. The van der Waals surface area contributed by atoms with Crippen molar-refractivity contribution in [1.82, 2.24) is 20.4 Å². The number of nitrogens with one attached hydrogen (secondary N) is 2. The predicted octanol–water partition coefficient (Wildman–Crippen LogP) is 2.98. The third-order valence-corrected chi connectivity index (χ3v) is 5.16. The Morgan fingerprint density at radius 3 is 2.67 bits per heavy atom. The van der Waals surface area contributed by atoms with E-state index in [1.807, 2.05) is 41.2 Å². The number of guanidine groups is 1. The van der Waals surface area contributed by atoms with Crippen LogP contribution in [0.1, 0.15) is 44.2 Å². The average Bonchev–Trinajstić information content (AvgIpc) is 3.20. The highest BCUT2D eigenvalue weighted by Crippen LogP contribution is 2.21. The summed E-state index contributed by atoms with van der Waals surface area (Å²) in [4.78, 5) is 4.82. The van der Waals surface area contributed by atoms with Crippen LogP contribution in [0.3, 0.4) is 0 Å². The number of aliphatic hydroxyl groups excluding tert-OH is 1. The molecule has 0 aliphatic heterocycles. The second kappa shape index (κ2) is 9.76. The van der Waals surface area contributed by atoms with Gasteiger partial charge in [-0.1, -0.05) is 23.7 Å². The van der Waals surface area contributed by atoms with E-state index in [9.17, 15) is 5.11 Å². The van der Waals surface area contributed by atoms with Crippen LogP contribution in [-0.2, 0) is 0 Å². The number of hydrogen-bond acceptors (Lipinski definition) is 3. The molecule has 7 heteroatoms. The molecule has 0 spiro atoms. The molecule has 2 aromatic rings. The monoisotopic (exact) mass is 389 g/mol. The molecule has 0 saturated heterocycles. The van der Waals surface area contributed by atoms with Crippen molar-refractivity contribution in [2.45, 2.75) is 50.8 Å². The fraction of sp³-hybridized carbons (Fsp3) is 0.500. The predicted molar refractivity (Wildman–Crippen MR) is 109 cm³/mol. The normalized spacial score (nSPS) is 21.7. The molecule has 1 aromatic carbocycles. The van der Waals surface area contributed by atoms with Crippen LogP contribution in [0.4, 0.5) is 0 Å². The second-order valence-electron chi connectivity index (χ2n) is 6.92. The largest absolute Gasteiger partial charge is 0.393 e. The second-order valence-corrected chi connectivity index (χ2v) is 7.36. The van der Waals surface area contributed by atoms with E-state index >= 15 is 0 Å². The highest BCUT2D eigenvalue weighted by molar-refractivity contribution is 6.30. The van der Waals surface area contributed by atoms with Crippen LogP contribution in [0.25, 0.3) is 0 Å². The number of rotatable bonds is 6. The molecule has 0 amide bonds. The van der Waals surface area contributed by atoms with E-state index < -0.39 is 0 Å². The van der Waals surface area contributed by atoms with Crippen LogP contribution in [0.5, 0.6) is 0 Å². The molecule has 27 heavy (non-hydrogen) atoms. The number of aliphatic hydroxyl groups is 1. The Morgan fingerprint density at radius 2 is 2.04 bits per heavy atom. The van der Waals surface area contributed by atoms with Crippen LogP contribution in [0, 0.1) is 0 Å². The standard InChI is InChI=1S/C20H28ClN5O/c1-2-22-20(25-17-8-10-18(27)11-9-17)23-14-19(26-13-3-12-24-26)15-4-6-16(21)7-5-15/h3-7,12-13,17-19,27H,2,8-11,14H2,1H3,(H2,22,23,25). The quantitative estimate of drug-likeness (QED) is 0.524. The number of halogens is 1. The highest BCUT2D eigenvalue weighted by Gasteiger charge is 2.20. The first-order chi connectivity index (χ1) is 13.2. The zero-order chi connectivity index (χ0) is 19.1. The summed E-state index contributed by atoms with van der Waals surface area (Å²) in [6.45, 7) is 3.43. The van der Waals surface area contributed by atoms with Crippen LogP contribution in [0.2, 0.25) is 5.02 Å². The molecular formula is C20H28ClN5O. The van der Waals surface area contributed by atoms with Gasteiger partial charge in [0.2, 0.25) is 0 Å². The number of benzene rings is 1. The molecule has 0 bridgehead atoms. The van der Waals surface area contributed by atoms with Crippen molar-refractivity contribution in [3.63, 3.8) is 0 Å². The van der Waals surface area contributed by atoms with Gasteiger partial charge in [-0.3, -0.25) is 9.67 Å². The Labute approximate surface area is 165 Å². The van der Waals surface area contributed by atoms with Crippen LogP contribution in [-0.4, -0.2) is 46.1 Å². The summed E-state index contributed by atoms with van der Waals surface area (Å²) in [7, 11) is 0. The lowest BCUT2D eigenvalue weighted by atomic mass is 9.93. The van der Waals surface area contributed by atoms with E-state index in [1.54, 1.807) is 6.20 Å². The van der Waals surface area contributed by atoms with Gasteiger partial charge < -0.3 is 15.7 Å². The van der Waals surface area contributed by atoms with E-state index in [2.05, 4.69) is 22.7 Å². The van der Waals surface area contributed by atoms with E-state index in [0.29, 0.717) is 12.6 Å². The van der Waals surface area contributed by atoms with Crippen molar-refractivity contribution < 1.29 is 5.11 Å². The number of aromatic nitrogens is 2. The molecule has 1 saturated carbocycles. The molecule has 3 N–H and O–H groups in total. The van der Waals surface area contributed by atoms with Gasteiger partial charge in [-0.25, -0.2) is 0 Å². The molecule has 1 unspecified atom stereocenters. The minimum Gasteiger partial charge on any atom is -0.393 e. The SMILES string of the molecule is CCNC(=NCC(c1ccc(Cl)cc1)n1cccn1)NC1CCC(O)CC1. The fourth-order valence-electron chi connectivity index (χ4n) is 3.40. The van der Waals surface area contributed by atoms with Crippen molar-refractivity contribution in [1.29, 1.82) is 0 Å². The van der Waals surface area contributed by atoms with Gasteiger partial charge in [0.25, 0.3) is 0 Å². The Hall–Kier alpha value is -2.05. The number of hydrogen-bond donors (Lipinski definition) is 3. The number of aliphatic imine (C=N–C) groups is 1. The Kier molecular flexibility index (Phi) is 7.12. The molecule has 1 aliphatic rings. The van der Waals surface area contributed by atoms with E-state index in [-0.39, 0.29) is 12.1 Å². The van der Waals surface area contributed by atoms with Gasteiger partial charge in [0.05, 0.1) is 18.7 Å². The summed E-state index contributed by atoms with van der Waals surface area (Å²) in [6, 6.07) is 10.1. The average molecular weight is 390 g/mol. The van der Waals surface area contributed by atoms with Crippen molar-refractivity contribution >= 4 is 17.6 Å². The zero-order valence-electron chi connectivity index (χ0n) is 15.7. The van der Waals surface area contributed by atoms with Gasteiger partial charge in [-0.05, 0) is 56.4 Å². The van der Waals surface area contributed by atoms with E-state index in [1.165, 1.54) is 0 Å². The Morgan fingerprint density at radius 1 is 1.30 bits per heavy atom. The molecule has 1 aromatic heterocycles. The van der Waals surface area contributed by atoms with Crippen molar-refractivity contribution in [2.75, 3.05) is 13.1 Å². The third-order valence-electron chi connectivity index (χ3n) is 4.90. The Balaban J connectivity index is 1.73. The van der Waals surface area contributed by atoms with Crippen LogP contribution >= 0.6 is 11.6 Å². The minimum absolute atomic E-state index is 0.000834. The lowest BCUT2D eigenvalue weighted by Crippen LogP contribution is -2.45. The molecular weight excluding hydrogens is 362 g/mol. The molecule has 1 atom stereocenters. The lowest BCUT2D eigenvalue weighted by Gasteiger charge is -2.28. The van der Waals surface area contributed by atoms with Crippen molar-refractivity contribution in [3.8, 4) is 0 Å². The van der Waals surface area contributed by atoms with Gasteiger partial charge in [0.1, 0.15) is 0 Å². The van der Waals surface area contributed by atoms with Crippen LogP contribution < -0.4 is 10.6 Å². The van der Waals surface area contributed by atoms with Crippen molar-refractivity contribution in [2.24, 2.45) is 4.99 Å². The summed E-state index contributed by atoms with van der Waals surface area (Å²) >= 11 is 6.04. The molecule has 1 heterocycles. The molecule has 146 valence electrons. The van der Waals surface area contributed by atoms with Crippen molar-refractivity contribution in [3.05, 3.63) is 53.3 Å². The summed E-state index contributed by atoms with van der Waals surface area (Å²) in [5.74, 6) is 0.810. The van der Waals surface area contributed by atoms with Gasteiger partial charge in [0, 0.05) is 30.0 Å². The van der Waals surface area contributed by atoms with E-state index in [0.717, 1.165) is 48.8 Å². The maximum atomic E-state index is 9.70. The summed E-state index contributed by atoms with van der Waals surface area (Å²) in [6.07, 6.45) is 7.20. The maximum Gasteiger partial charge on any atom is 0.191 e. The third kappa shape index (κ3) is 5.71. The zero-order valence-corrected chi connectivity index (χ0v) is 16.4. The summed E-state index contributed by atoms with van der Waals surface area (Å²) in [5.41, 5.74) is 1.11. The molecule has 0 radical (unpaired) electrons. The first kappa shape index (κ1) is 19.7. The topological polar surface area (TPSA) is 74.5 Å². The minimum atomic E-state index is -0.156. The summed E-state index contributed by atoms with van der Waals surface area (Å²) < 4.78 is 1.92. The smallest absolute Gasteiger partial charge is 0.191 e. The highest BCUT2D eigenvalue weighted by atomic mass is 35.5. The summed E-state index contributed by atoms with van der Waals surface area (Å²) in [5, 5.41) is 21.7. The fourth-order valence-corrected chi connectivity index (χ4v) is 3.53. The van der Waals surface area contributed by atoms with Crippen LogP contribution in [0.15, 0.2) is 47.7 Å². The molecule has 3 rings (SSSR count). The van der Waals surface area contributed by atoms with Gasteiger partial charge in [-0.15, -0.1) is 0 Å². The first-order valence-corrected chi connectivity index (χ1v) is 10.0. The lowest BCUT2D eigenvalue weighted by molar-refractivity contribution is 0.120. The maximum absolute atomic E-state index is 9.70. The molecule has 1 aliphatic carbocycles. The van der Waals surface area contributed by atoms with Gasteiger partial charge in [0.15, 0.2) is 5.96 Å². The van der Waals surface area contributed by atoms with Gasteiger partial charge in [-0.2, -0.15) is 5.10 Å².